The van der Waals surface area contributed by atoms with Gasteiger partial charge in [-0.15, -0.1) is 5.10 Å². The van der Waals surface area contributed by atoms with E-state index in [0.29, 0.717) is 6.54 Å². The predicted octanol–water partition coefficient (Wildman–Crippen LogP) is 3.95. The van der Waals surface area contributed by atoms with Crippen LogP contribution in [0.25, 0.3) is 0 Å². The van der Waals surface area contributed by atoms with Gasteiger partial charge in [0.2, 0.25) is 5.95 Å². The molecule has 0 spiro atoms. The summed E-state index contributed by atoms with van der Waals surface area (Å²) in [4.78, 5) is 16.5. The molecule has 0 aliphatic rings. The van der Waals surface area contributed by atoms with Gasteiger partial charge in [0.05, 0.1) is 19.2 Å². The standard InChI is InChI=1S/C18H15BrF2N4O3/c1-27-14-4-2-3-13(15(14)28-17(20)21)16(26)23-18-22-10-25(24-18)9-11-5-7-12(19)8-6-11/h2-8,10,17H,9H2,1H3,(H,23,24,26). The number of aromatic nitrogens is 3. The van der Waals surface area contributed by atoms with Crippen LogP contribution in [0.3, 0.4) is 0 Å². The number of amides is 1. The lowest BCUT2D eigenvalue weighted by Gasteiger charge is -2.13. The first kappa shape index (κ1) is 19.7. The lowest BCUT2D eigenvalue weighted by molar-refractivity contribution is -0.0515. The first-order valence-electron chi connectivity index (χ1n) is 8.03. The number of para-hydroxylation sites is 1. The SMILES string of the molecule is COc1cccc(C(=O)Nc2ncn(Cc3ccc(Br)cc3)n2)c1OC(F)F. The van der Waals surface area contributed by atoms with Gasteiger partial charge in [0, 0.05) is 4.47 Å². The highest BCUT2D eigenvalue weighted by Gasteiger charge is 2.21. The van der Waals surface area contributed by atoms with E-state index in [-0.39, 0.29) is 23.0 Å². The van der Waals surface area contributed by atoms with Crippen molar-refractivity contribution in [2.24, 2.45) is 0 Å². The van der Waals surface area contributed by atoms with E-state index in [1.165, 1.54) is 31.6 Å². The Bertz CT molecular complexity index is 964. The molecule has 28 heavy (non-hydrogen) atoms. The molecule has 1 N–H and O–H groups in total. The van der Waals surface area contributed by atoms with Crippen molar-refractivity contribution >= 4 is 27.8 Å². The van der Waals surface area contributed by atoms with Crippen LogP contribution in [0.15, 0.2) is 53.3 Å². The molecule has 0 aliphatic carbocycles. The van der Waals surface area contributed by atoms with Crippen LogP contribution in [0.2, 0.25) is 0 Å². The molecule has 0 bridgehead atoms. The highest BCUT2D eigenvalue weighted by Crippen LogP contribution is 2.32. The average molecular weight is 453 g/mol. The maximum atomic E-state index is 12.7. The van der Waals surface area contributed by atoms with Crippen LogP contribution in [-0.2, 0) is 6.54 Å². The van der Waals surface area contributed by atoms with Crippen molar-refractivity contribution in [1.82, 2.24) is 14.8 Å². The topological polar surface area (TPSA) is 78.3 Å². The second-order valence-electron chi connectivity index (χ2n) is 5.56. The van der Waals surface area contributed by atoms with Gasteiger partial charge in [-0.2, -0.15) is 8.78 Å². The van der Waals surface area contributed by atoms with Crippen molar-refractivity contribution in [3.63, 3.8) is 0 Å². The number of nitrogens with one attached hydrogen (secondary N) is 1. The Morgan fingerprint density at radius 1 is 1.25 bits per heavy atom. The molecule has 1 heterocycles. The average Bonchev–Trinajstić information content (AvgIpc) is 3.10. The fourth-order valence-corrected chi connectivity index (χ4v) is 2.70. The summed E-state index contributed by atoms with van der Waals surface area (Å²) < 4.78 is 37.3. The Kier molecular flexibility index (Phi) is 6.19. The van der Waals surface area contributed by atoms with E-state index in [9.17, 15) is 13.6 Å². The van der Waals surface area contributed by atoms with Gasteiger partial charge in [0.15, 0.2) is 11.5 Å². The van der Waals surface area contributed by atoms with Gasteiger partial charge in [-0.1, -0.05) is 34.1 Å². The maximum absolute atomic E-state index is 12.7. The van der Waals surface area contributed by atoms with Crippen LogP contribution >= 0.6 is 15.9 Å². The van der Waals surface area contributed by atoms with Gasteiger partial charge in [0.1, 0.15) is 6.33 Å². The zero-order valence-electron chi connectivity index (χ0n) is 14.6. The minimum Gasteiger partial charge on any atom is -0.493 e. The number of ether oxygens (including phenoxy) is 2. The molecule has 2 aromatic carbocycles. The van der Waals surface area contributed by atoms with Crippen molar-refractivity contribution in [3.8, 4) is 11.5 Å². The Balaban J connectivity index is 1.75. The number of carbonyl (C=O) groups is 1. The summed E-state index contributed by atoms with van der Waals surface area (Å²) in [6, 6.07) is 11.9. The molecule has 1 amide bonds. The molecule has 10 heteroatoms. The van der Waals surface area contributed by atoms with Crippen molar-refractivity contribution in [3.05, 3.63) is 64.4 Å². The van der Waals surface area contributed by atoms with E-state index in [2.05, 4.69) is 36.1 Å². The number of anilines is 1. The molecular formula is C18H15BrF2N4O3. The van der Waals surface area contributed by atoms with Crippen LogP contribution in [0, 0.1) is 0 Å². The Hall–Kier alpha value is -3.01. The Morgan fingerprint density at radius 3 is 2.68 bits per heavy atom. The van der Waals surface area contributed by atoms with Crippen LogP contribution in [0.4, 0.5) is 14.7 Å². The largest absolute Gasteiger partial charge is 0.493 e. The molecule has 0 saturated carbocycles. The quantitative estimate of drug-likeness (QED) is 0.586. The number of benzene rings is 2. The number of hydrogen-bond acceptors (Lipinski definition) is 5. The van der Waals surface area contributed by atoms with E-state index >= 15 is 0 Å². The summed E-state index contributed by atoms with van der Waals surface area (Å²) >= 11 is 3.37. The summed E-state index contributed by atoms with van der Waals surface area (Å²) in [5.41, 5.74) is 0.871. The normalized spacial score (nSPS) is 10.8. The first-order valence-corrected chi connectivity index (χ1v) is 8.82. The molecule has 0 fully saturated rings. The number of methoxy groups -OCH3 is 1. The Labute approximate surface area is 167 Å². The van der Waals surface area contributed by atoms with Gasteiger partial charge in [-0.05, 0) is 29.8 Å². The summed E-state index contributed by atoms with van der Waals surface area (Å²) in [6.07, 6.45) is 1.46. The van der Waals surface area contributed by atoms with Gasteiger partial charge in [0.25, 0.3) is 5.91 Å². The molecule has 7 nitrogen and oxygen atoms in total. The predicted molar refractivity (Wildman–Crippen MR) is 101 cm³/mol. The summed E-state index contributed by atoms with van der Waals surface area (Å²) in [6.45, 7) is -2.65. The molecule has 0 radical (unpaired) electrons. The maximum Gasteiger partial charge on any atom is 0.387 e. The molecule has 0 atom stereocenters. The summed E-state index contributed by atoms with van der Waals surface area (Å²) in [5.74, 6) is -1.00. The number of hydrogen-bond donors (Lipinski definition) is 1. The fourth-order valence-electron chi connectivity index (χ4n) is 2.44. The molecule has 0 saturated heterocycles. The molecular weight excluding hydrogens is 438 g/mol. The number of rotatable bonds is 7. The smallest absolute Gasteiger partial charge is 0.387 e. The minimum atomic E-state index is -3.11. The second kappa shape index (κ2) is 8.79. The lowest BCUT2D eigenvalue weighted by atomic mass is 10.1. The third kappa shape index (κ3) is 4.83. The summed E-state index contributed by atoms with van der Waals surface area (Å²) in [5, 5.41) is 6.64. The first-order chi connectivity index (χ1) is 13.5. The van der Waals surface area contributed by atoms with E-state index in [4.69, 9.17) is 4.74 Å². The number of nitrogens with zero attached hydrogens (tertiary/aromatic N) is 3. The number of carbonyl (C=O) groups excluding carboxylic acids is 1. The number of alkyl halides is 2. The van der Waals surface area contributed by atoms with Crippen molar-refractivity contribution < 1.29 is 23.0 Å². The van der Waals surface area contributed by atoms with Crippen LogP contribution in [0.1, 0.15) is 15.9 Å². The van der Waals surface area contributed by atoms with Gasteiger partial charge in [-0.3, -0.25) is 10.1 Å². The van der Waals surface area contributed by atoms with Crippen molar-refractivity contribution in [2.45, 2.75) is 13.2 Å². The fraction of sp³-hybridized carbons (Fsp3) is 0.167. The number of halogens is 3. The highest BCUT2D eigenvalue weighted by molar-refractivity contribution is 9.10. The van der Waals surface area contributed by atoms with Gasteiger partial charge < -0.3 is 9.47 Å². The third-order valence-electron chi connectivity index (χ3n) is 3.67. The van der Waals surface area contributed by atoms with E-state index in [0.717, 1.165) is 10.0 Å². The van der Waals surface area contributed by atoms with E-state index < -0.39 is 12.5 Å². The van der Waals surface area contributed by atoms with Gasteiger partial charge in [-0.25, -0.2) is 9.67 Å². The van der Waals surface area contributed by atoms with Crippen LogP contribution in [-0.4, -0.2) is 34.4 Å². The second-order valence-corrected chi connectivity index (χ2v) is 6.48. The molecule has 146 valence electrons. The molecule has 3 rings (SSSR count). The van der Waals surface area contributed by atoms with Crippen LogP contribution < -0.4 is 14.8 Å². The Morgan fingerprint density at radius 2 is 2.00 bits per heavy atom. The zero-order chi connectivity index (χ0) is 20.1. The van der Waals surface area contributed by atoms with Crippen LogP contribution in [0.5, 0.6) is 11.5 Å². The van der Waals surface area contributed by atoms with Crippen molar-refractivity contribution in [2.75, 3.05) is 12.4 Å². The third-order valence-corrected chi connectivity index (χ3v) is 4.20. The molecule has 3 aromatic rings. The highest BCUT2D eigenvalue weighted by atomic mass is 79.9. The van der Waals surface area contributed by atoms with E-state index in [1.807, 2.05) is 24.3 Å². The summed E-state index contributed by atoms with van der Waals surface area (Å²) in [7, 11) is 1.29. The molecule has 1 aromatic heterocycles. The monoisotopic (exact) mass is 452 g/mol. The lowest BCUT2D eigenvalue weighted by Crippen LogP contribution is -2.16. The minimum absolute atomic E-state index is 0.0154. The molecule has 0 aliphatic heterocycles. The van der Waals surface area contributed by atoms with Crippen molar-refractivity contribution in [1.29, 1.82) is 0 Å². The zero-order valence-corrected chi connectivity index (χ0v) is 16.2. The molecule has 0 unspecified atom stereocenters. The van der Waals surface area contributed by atoms with E-state index in [1.54, 1.807) is 4.68 Å². The van der Waals surface area contributed by atoms with Gasteiger partial charge >= 0.3 is 6.61 Å².